The zero-order chi connectivity index (χ0) is 22.7. The van der Waals surface area contributed by atoms with Crippen molar-refractivity contribution in [2.45, 2.75) is 69.5 Å². The zero-order valence-electron chi connectivity index (χ0n) is 18.0. The predicted molar refractivity (Wildman–Crippen MR) is 112 cm³/mol. The average molecular weight is 455 g/mol. The van der Waals surface area contributed by atoms with Gasteiger partial charge in [-0.2, -0.15) is 13.2 Å². The summed E-state index contributed by atoms with van der Waals surface area (Å²) in [7, 11) is 0. The Bertz CT molecular complexity index is 914. The Kier molecular flexibility index (Phi) is 7.02. The second kappa shape index (κ2) is 9.77. The van der Waals surface area contributed by atoms with Crippen molar-refractivity contribution in [1.29, 1.82) is 0 Å². The SMILES string of the molecule is O=C(CC(F)(F)F)N[C@H]1CC[C@H](CCN2CCC(c3noc4cc(F)ccc34)CC2)CC1. The Morgan fingerprint density at radius 2 is 1.84 bits per heavy atom. The quantitative estimate of drug-likeness (QED) is 0.611. The Balaban J connectivity index is 1.16. The Morgan fingerprint density at radius 1 is 1.12 bits per heavy atom. The standard InChI is InChI=1S/C23H29F4N3O2/c24-17-3-6-19-20(13-17)32-29-22(19)16-8-11-30(12-9-16)10-7-15-1-4-18(5-2-15)28-21(31)14-23(25,26)27/h3,6,13,15-16,18H,1-2,4-5,7-12,14H2,(H,28,31)/t15-,18-. The largest absolute Gasteiger partial charge is 0.397 e. The molecule has 0 radical (unpaired) electrons. The number of nitrogens with zero attached hydrogens (tertiary/aromatic N) is 2. The highest BCUT2D eigenvalue weighted by Gasteiger charge is 2.33. The predicted octanol–water partition coefficient (Wildman–Crippen LogP) is 5.16. The van der Waals surface area contributed by atoms with Gasteiger partial charge in [0.05, 0.1) is 5.69 Å². The average Bonchev–Trinajstić information content (AvgIpc) is 3.15. The Labute approximate surface area is 184 Å². The summed E-state index contributed by atoms with van der Waals surface area (Å²) in [6.07, 6.45) is 0.557. The molecule has 32 heavy (non-hydrogen) atoms. The summed E-state index contributed by atoms with van der Waals surface area (Å²) in [5.74, 6) is -0.381. The van der Waals surface area contributed by atoms with Crippen molar-refractivity contribution < 1.29 is 26.9 Å². The molecule has 2 aromatic rings. The molecular weight excluding hydrogens is 426 g/mol. The van der Waals surface area contributed by atoms with Crippen LogP contribution in [0.2, 0.25) is 0 Å². The fourth-order valence-corrected chi connectivity index (χ4v) is 5.08. The van der Waals surface area contributed by atoms with Crippen LogP contribution >= 0.6 is 0 Å². The molecule has 1 saturated carbocycles. The summed E-state index contributed by atoms with van der Waals surface area (Å²) in [5.41, 5.74) is 1.41. The first-order valence-corrected chi connectivity index (χ1v) is 11.4. The number of rotatable bonds is 6. The van der Waals surface area contributed by atoms with Gasteiger partial charge in [0.1, 0.15) is 12.2 Å². The number of aromatic nitrogens is 1. The maximum atomic E-state index is 13.4. The minimum Gasteiger partial charge on any atom is -0.356 e. The van der Waals surface area contributed by atoms with E-state index >= 15 is 0 Å². The van der Waals surface area contributed by atoms with Crippen molar-refractivity contribution in [1.82, 2.24) is 15.4 Å². The molecule has 1 aromatic carbocycles. The summed E-state index contributed by atoms with van der Waals surface area (Å²) < 4.78 is 55.6. The molecule has 2 aliphatic rings. The van der Waals surface area contributed by atoms with Crippen LogP contribution in [0.25, 0.3) is 11.0 Å². The highest BCUT2D eigenvalue weighted by Crippen LogP contribution is 2.33. The summed E-state index contributed by atoms with van der Waals surface area (Å²) in [4.78, 5) is 13.9. The van der Waals surface area contributed by atoms with Crippen molar-refractivity contribution in [3.8, 4) is 0 Å². The number of carbonyl (C=O) groups excluding carboxylic acids is 1. The molecule has 2 heterocycles. The molecule has 1 amide bonds. The number of hydrogen-bond acceptors (Lipinski definition) is 4. The van der Waals surface area contributed by atoms with Crippen molar-refractivity contribution in [2.75, 3.05) is 19.6 Å². The maximum Gasteiger partial charge on any atom is 0.397 e. The highest BCUT2D eigenvalue weighted by molar-refractivity contribution is 5.80. The van der Waals surface area contributed by atoms with E-state index in [-0.39, 0.29) is 11.9 Å². The van der Waals surface area contributed by atoms with E-state index in [2.05, 4.69) is 15.4 Å². The molecule has 1 saturated heterocycles. The molecule has 1 aliphatic heterocycles. The number of carbonyl (C=O) groups is 1. The van der Waals surface area contributed by atoms with Gasteiger partial charge in [-0.15, -0.1) is 0 Å². The number of piperidine rings is 1. The van der Waals surface area contributed by atoms with Gasteiger partial charge in [-0.25, -0.2) is 4.39 Å². The van der Waals surface area contributed by atoms with Gasteiger partial charge in [0.2, 0.25) is 5.91 Å². The number of nitrogens with one attached hydrogen (secondary N) is 1. The number of halogens is 4. The third-order valence-corrected chi connectivity index (χ3v) is 6.86. The van der Waals surface area contributed by atoms with Crippen LogP contribution in [-0.4, -0.2) is 47.8 Å². The number of alkyl halides is 3. The van der Waals surface area contributed by atoms with Crippen LogP contribution in [0.3, 0.4) is 0 Å². The number of likely N-dealkylation sites (tertiary alicyclic amines) is 1. The molecule has 0 unspecified atom stereocenters. The number of amides is 1. The van der Waals surface area contributed by atoms with Crippen molar-refractivity contribution in [2.24, 2.45) is 5.92 Å². The van der Waals surface area contributed by atoms with E-state index < -0.39 is 18.5 Å². The van der Waals surface area contributed by atoms with Gasteiger partial charge in [-0.05, 0) is 82.6 Å². The molecule has 1 aliphatic carbocycles. The van der Waals surface area contributed by atoms with E-state index in [1.807, 2.05) is 0 Å². The van der Waals surface area contributed by atoms with E-state index in [1.54, 1.807) is 6.07 Å². The van der Waals surface area contributed by atoms with Crippen molar-refractivity contribution in [3.05, 3.63) is 29.7 Å². The van der Waals surface area contributed by atoms with Gasteiger partial charge in [0.25, 0.3) is 0 Å². The monoisotopic (exact) mass is 455 g/mol. The first-order chi connectivity index (χ1) is 15.3. The van der Waals surface area contributed by atoms with Crippen LogP contribution in [-0.2, 0) is 4.79 Å². The topological polar surface area (TPSA) is 58.4 Å². The van der Waals surface area contributed by atoms with Crippen LogP contribution in [0.1, 0.15) is 63.0 Å². The molecule has 0 bridgehead atoms. The molecule has 4 rings (SSSR count). The lowest BCUT2D eigenvalue weighted by Crippen LogP contribution is -2.40. The number of hydrogen-bond donors (Lipinski definition) is 1. The fraction of sp³-hybridized carbons (Fsp3) is 0.652. The molecule has 1 aromatic heterocycles. The molecule has 176 valence electrons. The van der Waals surface area contributed by atoms with Gasteiger partial charge >= 0.3 is 6.18 Å². The molecule has 5 nitrogen and oxygen atoms in total. The van der Waals surface area contributed by atoms with Crippen molar-refractivity contribution in [3.63, 3.8) is 0 Å². The third-order valence-electron chi connectivity index (χ3n) is 6.86. The Morgan fingerprint density at radius 3 is 2.53 bits per heavy atom. The second-order valence-electron chi connectivity index (χ2n) is 9.19. The normalized spacial score (nSPS) is 23.5. The first-order valence-electron chi connectivity index (χ1n) is 11.4. The molecular formula is C23H29F4N3O2. The smallest absolute Gasteiger partial charge is 0.356 e. The molecule has 0 atom stereocenters. The summed E-state index contributed by atoms with van der Waals surface area (Å²) >= 11 is 0. The van der Waals surface area contributed by atoms with Gasteiger partial charge in [-0.3, -0.25) is 4.79 Å². The maximum absolute atomic E-state index is 13.4. The van der Waals surface area contributed by atoms with Crippen LogP contribution in [0.4, 0.5) is 17.6 Å². The van der Waals surface area contributed by atoms with Gasteiger partial charge in [0.15, 0.2) is 5.58 Å². The van der Waals surface area contributed by atoms with Gasteiger partial charge in [0, 0.05) is 23.4 Å². The summed E-state index contributed by atoms with van der Waals surface area (Å²) in [5, 5.41) is 7.62. The second-order valence-corrected chi connectivity index (χ2v) is 9.19. The molecule has 9 heteroatoms. The van der Waals surface area contributed by atoms with Crippen molar-refractivity contribution >= 4 is 16.9 Å². The van der Waals surface area contributed by atoms with E-state index in [0.29, 0.717) is 17.4 Å². The lowest BCUT2D eigenvalue weighted by molar-refractivity contribution is -0.154. The minimum atomic E-state index is -4.45. The van der Waals surface area contributed by atoms with E-state index in [9.17, 15) is 22.4 Å². The molecule has 1 N–H and O–H groups in total. The summed E-state index contributed by atoms with van der Waals surface area (Å²) in [6.45, 7) is 2.96. The third kappa shape index (κ3) is 5.99. The molecule has 0 spiro atoms. The van der Waals surface area contributed by atoms with Crippen LogP contribution in [0.15, 0.2) is 22.7 Å². The van der Waals surface area contributed by atoms with Crippen LogP contribution in [0.5, 0.6) is 0 Å². The van der Waals surface area contributed by atoms with Gasteiger partial charge in [-0.1, -0.05) is 5.16 Å². The lowest BCUT2D eigenvalue weighted by atomic mass is 9.83. The van der Waals surface area contributed by atoms with Crippen LogP contribution < -0.4 is 5.32 Å². The number of fused-ring (bicyclic) bond motifs is 1. The van der Waals surface area contributed by atoms with Crippen LogP contribution in [0, 0.1) is 11.7 Å². The minimum absolute atomic E-state index is 0.136. The first kappa shape index (κ1) is 23.0. The van der Waals surface area contributed by atoms with E-state index in [0.717, 1.165) is 75.7 Å². The zero-order valence-corrected chi connectivity index (χ0v) is 18.0. The van der Waals surface area contributed by atoms with Gasteiger partial charge < -0.3 is 14.7 Å². The molecule has 2 fully saturated rings. The van der Waals surface area contributed by atoms with E-state index in [4.69, 9.17) is 4.52 Å². The highest BCUT2D eigenvalue weighted by atomic mass is 19.4. The summed E-state index contributed by atoms with van der Waals surface area (Å²) in [6, 6.07) is 4.42. The lowest BCUT2D eigenvalue weighted by Gasteiger charge is -2.34. The van der Waals surface area contributed by atoms with E-state index in [1.165, 1.54) is 12.1 Å². The Hall–Kier alpha value is -2.16. The fourth-order valence-electron chi connectivity index (χ4n) is 5.08. The number of benzene rings is 1.